The predicted octanol–water partition coefficient (Wildman–Crippen LogP) is 1.58. The molecule has 0 bridgehead atoms. The van der Waals surface area contributed by atoms with E-state index in [2.05, 4.69) is 4.90 Å². The van der Waals surface area contributed by atoms with Gasteiger partial charge in [-0.3, -0.25) is 19.3 Å². The van der Waals surface area contributed by atoms with Gasteiger partial charge in [0.05, 0.1) is 13.2 Å². The largest absolute Gasteiger partial charge is 0.453 e. The topological polar surface area (TPSA) is 72.9 Å². The van der Waals surface area contributed by atoms with E-state index in [0.29, 0.717) is 6.42 Å². The van der Waals surface area contributed by atoms with E-state index in [1.54, 1.807) is 6.92 Å². The number of Topliss-reactive ketones (excluding diaryl/α,β-unsaturated/α-hetero) is 2. The Morgan fingerprint density at radius 1 is 1.19 bits per heavy atom. The summed E-state index contributed by atoms with van der Waals surface area (Å²) in [6.07, 6.45) is 0.421. The van der Waals surface area contributed by atoms with Gasteiger partial charge in [0.1, 0.15) is 0 Å². The number of rotatable bonds is 7. The summed E-state index contributed by atoms with van der Waals surface area (Å²) in [6, 6.07) is 9.19. The number of carbonyl (C=O) groups excluding carboxylic acids is 3. The van der Waals surface area contributed by atoms with Gasteiger partial charge in [-0.05, 0) is 24.9 Å². The lowest BCUT2D eigenvalue weighted by atomic mass is 9.86. The molecule has 0 spiro atoms. The third-order valence-corrected chi connectivity index (χ3v) is 5.15. The number of morpholine rings is 1. The van der Waals surface area contributed by atoms with E-state index < -0.39 is 23.9 Å². The Labute approximate surface area is 153 Å². The summed E-state index contributed by atoms with van der Waals surface area (Å²) in [5, 5.41) is 0. The molecule has 0 amide bonds. The highest BCUT2D eigenvalue weighted by Gasteiger charge is 2.48. The van der Waals surface area contributed by atoms with Crippen molar-refractivity contribution >= 4 is 17.5 Å². The fourth-order valence-corrected chi connectivity index (χ4v) is 3.51. The third-order valence-electron chi connectivity index (χ3n) is 5.15. The van der Waals surface area contributed by atoms with Gasteiger partial charge in [-0.1, -0.05) is 37.3 Å². The first-order valence-electron chi connectivity index (χ1n) is 9.21. The lowest BCUT2D eigenvalue weighted by Crippen LogP contribution is -2.37. The highest BCUT2D eigenvalue weighted by Crippen LogP contribution is 2.28. The summed E-state index contributed by atoms with van der Waals surface area (Å²) in [7, 11) is 0. The Bertz CT molecular complexity index is 653. The number of nitrogens with zero attached hydrogens (tertiary/aromatic N) is 1. The van der Waals surface area contributed by atoms with Gasteiger partial charge in [0.2, 0.25) is 0 Å². The number of hydrogen-bond donors (Lipinski definition) is 0. The smallest absolute Gasteiger partial charge is 0.325 e. The molecule has 6 nitrogen and oxygen atoms in total. The van der Waals surface area contributed by atoms with Gasteiger partial charge in [-0.25, -0.2) is 0 Å². The first-order chi connectivity index (χ1) is 12.6. The summed E-state index contributed by atoms with van der Waals surface area (Å²) in [5.74, 6) is -3.24. The molecule has 2 saturated heterocycles. The van der Waals surface area contributed by atoms with Crippen LogP contribution in [-0.2, 0) is 23.9 Å². The van der Waals surface area contributed by atoms with E-state index in [9.17, 15) is 14.4 Å². The van der Waals surface area contributed by atoms with E-state index in [0.717, 1.165) is 44.8 Å². The molecule has 140 valence electrons. The monoisotopic (exact) mass is 359 g/mol. The molecule has 0 saturated carbocycles. The zero-order chi connectivity index (χ0) is 18.5. The summed E-state index contributed by atoms with van der Waals surface area (Å²) in [4.78, 5) is 39.7. The van der Waals surface area contributed by atoms with Crippen molar-refractivity contribution in [2.75, 3.05) is 32.8 Å². The zero-order valence-electron chi connectivity index (χ0n) is 15.1. The van der Waals surface area contributed by atoms with Gasteiger partial charge in [-0.2, -0.15) is 0 Å². The SMILES string of the molecule is CC(C(=O)C1C(=O)OC(CCCN2CCOCC2)C1=O)c1ccccc1. The number of hydrogen-bond acceptors (Lipinski definition) is 6. The van der Waals surface area contributed by atoms with Crippen LogP contribution in [0.2, 0.25) is 0 Å². The fourth-order valence-electron chi connectivity index (χ4n) is 3.51. The highest BCUT2D eigenvalue weighted by atomic mass is 16.6. The molecule has 0 aliphatic carbocycles. The van der Waals surface area contributed by atoms with Crippen LogP contribution >= 0.6 is 0 Å². The summed E-state index contributed by atoms with van der Waals surface area (Å²) in [6.45, 7) is 5.78. The minimum Gasteiger partial charge on any atom is -0.453 e. The quantitative estimate of drug-likeness (QED) is 0.544. The van der Waals surface area contributed by atoms with Crippen molar-refractivity contribution in [2.45, 2.75) is 31.8 Å². The highest BCUT2D eigenvalue weighted by molar-refractivity contribution is 6.23. The Morgan fingerprint density at radius 2 is 1.88 bits per heavy atom. The molecule has 1 aromatic carbocycles. The second kappa shape index (κ2) is 8.56. The van der Waals surface area contributed by atoms with Gasteiger partial charge in [0.25, 0.3) is 0 Å². The number of ketones is 2. The maximum absolute atomic E-state index is 12.7. The molecule has 2 aliphatic rings. The van der Waals surface area contributed by atoms with Crippen LogP contribution in [0.15, 0.2) is 30.3 Å². The van der Waals surface area contributed by atoms with Crippen LogP contribution < -0.4 is 0 Å². The van der Waals surface area contributed by atoms with E-state index >= 15 is 0 Å². The van der Waals surface area contributed by atoms with Gasteiger partial charge in [-0.15, -0.1) is 0 Å². The molecular weight excluding hydrogens is 334 g/mol. The number of cyclic esters (lactones) is 1. The average molecular weight is 359 g/mol. The molecule has 2 aliphatic heterocycles. The minimum atomic E-state index is -1.28. The molecule has 2 fully saturated rings. The van der Waals surface area contributed by atoms with Crippen LogP contribution in [0.25, 0.3) is 0 Å². The molecular formula is C20H25NO5. The van der Waals surface area contributed by atoms with Crippen molar-refractivity contribution in [3.05, 3.63) is 35.9 Å². The van der Waals surface area contributed by atoms with Gasteiger partial charge in [0, 0.05) is 19.0 Å². The molecule has 0 radical (unpaired) electrons. The van der Waals surface area contributed by atoms with Crippen LogP contribution in [-0.4, -0.2) is 61.4 Å². The molecule has 26 heavy (non-hydrogen) atoms. The van der Waals surface area contributed by atoms with Gasteiger partial charge in [0.15, 0.2) is 23.6 Å². The molecule has 3 atom stereocenters. The van der Waals surface area contributed by atoms with Crippen LogP contribution in [0.1, 0.15) is 31.2 Å². The summed E-state index contributed by atoms with van der Waals surface area (Å²) < 4.78 is 10.5. The second-order valence-electron chi connectivity index (χ2n) is 6.89. The van der Waals surface area contributed by atoms with Crippen LogP contribution in [0.3, 0.4) is 0 Å². The van der Waals surface area contributed by atoms with Crippen molar-refractivity contribution in [3.8, 4) is 0 Å². The second-order valence-corrected chi connectivity index (χ2v) is 6.89. The predicted molar refractivity (Wildman–Crippen MR) is 94.7 cm³/mol. The molecule has 0 aromatic heterocycles. The first-order valence-corrected chi connectivity index (χ1v) is 9.21. The van der Waals surface area contributed by atoms with Crippen LogP contribution in [0.5, 0.6) is 0 Å². The summed E-state index contributed by atoms with van der Waals surface area (Å²) >= 11 is 0. The molecule has 1 aromatic rings. The van der Waals surface area contributed by atoms with E-state index in [4.69, 9.17) is 9.47 Å². The van der Waals surface area contributed by atoms with Crippen LogP contribution in [0, 0.1) is 5.92 Å². The standard InChI is InChI=1S/C20H25NO5/c1-14(15-6-3-2-4-7-15)18(22)17-19(23)16(26-20(17)24)8-5-9-21-10-12-25-13-11-21/h2-4,6-7,14,16-17H,5,8-13H2,1H3. The van der Waals surface area contributed by atoms with Crippen molar-refractivity contribution in [1.29, 1.82) is 0 Å². The maximum Gasteiger partial charge on any atom is 0.325 e. The molecule has 2 heterocycles. The molecule has 6 heteroatoms. The van der Waals surface area contributed by atoms with E-state index in [1.807, 2.05) is 30.3 Å². The van der Waals surface area contributed by atoms with Crippen molar-refractivity contribution in [1.82, 2.24) is 4.90 Å². The Balaban J connectivity index is 1.55. The molecule has 0 N–H and O–H groups in total. The molecule has 3 rings (SSSR count). The maximum atomic E-state index is 12.7. The van der Waals surface area contributed by atoms with E-state index in [1.165, 1.54) is 0 Å². The van der Waals surface area contributed by atoms with Gasteiger partial charge < -0.3 is 9.47 Å². The fraction of sp³-hybridized carbons (Fsp3) is 0.550. The molecule has 3 unspecified atom stereocenters. The third kappa shape index (κ3) is 4.19. The average Bonchev–Trinajstić information content (AvgIpc) is 2.95. The van der Waals surface area contributed by atoms with Crippen molar-refractivity contribution in [3.63, 3.8) is 0 Å². The lowest BCUT2D eigenvalue weighted by molar-refractivity contribution is -0.147. The van der Waals surface area contributed by atoms with Gasteiger partial charge >= 0.3 is 5.97 Å². The number of esters is 1. The minimum absolute atomic E-state index is 0.373. The van der Waals surface area contributed by atoms with Crippen molar-refractivity contribution in [2.24, 2.45) is 5.92 Å². The summed E-state index contributed by atoms with van der Waals surface area (Å²) in [5.41, 5.74) is 0.800. The Kier molecular flexibility index (Phi) is 6.16. The normalized spacial score (nSPS) is 25.1. The number of ether oxygens (including phenoxy) is 2. The van der Waals surface area contributed by atoms with Crippen LogP contribution in [0.4, 0.5) is 0 Å². The van der Waals surface area contributed by atoms with Crippen molar-refractivity contribution < 1.29 is 23.9 Å². The van der Waals surface area contributed by atoms with E-state index in [-0.39, 0.29) is 11.6 Å². The zero-order valence-corrected chi connectivity index (χ0v) is 15.1. The lowest BCUT2D eigenvalue weighted by Gasteiger charge is -2.26. The Morgan fingerprint density at radius 3 is 2.58 bits per heavy atom. The number of benzene rings is 1. The Hall–Kier alpha value is -2.05. The number of carbonyl (C=O) groups is 3. The first kappa shape index (κ1) is 18.7.